The third-order valence-electron chi connectivity index (χ3n) is 2.78. The molecule has 0 saturated carbocycles. The molecule has 6 heteroatoms. The highest BCUT2D eigenvalue weighted by Crippen LogP contribution is 2.32. The molecule has 3 aromatic heterocycles. The van der Waals surface area contributed by atoms with Crippen LogP contribution in [0.1, 0.15) is 18.7 Å². The van der Waals surface area contributed by atoms with Gasteiger partial charge in [0, 0.05) is 6.20 Å². The average molecular weight is 335 g/mol. The zero-order chi connectivity index (χ0) is 13.2. The molecule has 0 unspecified atom stereocenters. The molecule has 0 aliphatic heterocycles. The Kier molecular flexibility index (Phi) is 3.44. The molecule has 19 heavy (non-hydrogen) atoms. The summed E-state index contributed by atoms with van der Waals surface area (Å²) in [5, 5.41) is 4.42. The van der Waals surface area contributed by atoms with Crippen molar-refractivity contribution in [2.75, 3.05) is 5.32 Å². The van der Waals surface area contributed by atoms with Gasteiger partial charge in [0.25, 0.3) is 0 Å². The van der Waals surface area contributed by atoms with Crippen LogP contribution in [-0.4, -0.2) is 15.0 Å². The summed E-state index contributed by atoms with van der Waals surface area (Å²) in [5.74, 6) is 0.838. The van der Waals surface area contributed by atoms with Crippen LogP contribution in [0.2, 0.25) is 0 Å². The van der Waals surface area contributed by atoms with Crippen LogP contribution in [0.15, 0.2) is 40.6 Å². The number of hydrogen-bond donors (Lipinski definition) is 1. The number of pyridine rings is 1. The van der Waals surface area contributed by atoms with Gasteiger partial charge in [-0.25, -0.2) is 9.97 Å². The van der Waals surface area contributed by atoms with Crippen molar-refractivity contribution in [1.29, 1.82) is 0 Å². The molecular formula is C13H11BrN4S. The van der Waals surface area contributed by atoms with Crippen LogP contribution in [0.4, 0.5) is 5.82 Å². The Bertz CT molecular complexity index is 698. The molecule has 0 amide bonds. The minimum atomic E-state index is 0.0953. The first kappa shape index (κ1) is 12.5. The monoisotopic (exact) mass is 334 g/mol. The summed E-state index contributed by atoms with van der Waals surface area (Å²) in [7, 11) is 0. The van der Waals surface area contributed by atoms with Gasteiger partial charge >= 0.3 is 0 Å². The molecule has 1 atom stereocenters. The van der Waals surface area contributed by atoms with Gasteiger partial charge in [0.15, 0.2) is 0 Å². The number of thiophene rings is 1. The maximum atomic E-state index is 4.35. The standard InChI is InChI=1S/C13H11BrN4S/c1-8(10-4-2-3-5-15-10)18-12-9-6-11(14)19-13(9)17-7-16-12/h2-8H,1H3,(H,16,17,18)/t8-/m1/s1. The van der Waals surface area contributed by atoms with Gasteiger partial charge in [-0.15, -0.1) is 11.3 Å². The van der Waals surface area contributed by atoms with Crippen LogP contribution in [0.25, 0.3) is 10.2 Å². The van der Waals surface area contributed by atoms with Gasteiger partial charge in [-0.3, -0.25) is 4.98 Å². The van der Waals surface area contributed by atoms with Gasteiger partial charge in [0.05, 0.1) is 20.9 Å². The van der Waals surface area contributed by atoms with Crippen molar-refractivity contribution in [2.45, 2.75) is 13.0 Å². The lowest BCUT2D eigenvalue weighted by atomic mass is 10.2. The van der Waals surface area contributed by atoms with Crippen molar-refractivity contribution in [3.8, 4) is 0 Å². The van der Waals surface area contributed by atoms with E-state index in [1.165, 1.54) is 0 Å². The van der Waals surface area contributed by atoms with Crippen molar-refractivity contribution < 1.29 is 0 Å². The van der Waals surface area contributed by atoms with E-state index in [9.17, 15) is 0 Å². The van der Waals surface area contributed by atoms with E-state index in [4.69, 9.17) is 0 Å². The molecule has 3 aromatic rings. The molecule has 4 nitrogen and oxygen atoms in total. The summed E-state index contributed by atoms with van der Waals surface area (Å²) < 4.78 is 1.05. The molecule has 3 heterocycles. The van der Waals surface area contributed by atoms with E-state index in [2.05, 4.69) is 43.1 Å². The quantitative estimate of drug-likeness (QED) is 0.785. The highest BCUT2D eigenvalue weighted by atomic mass is 79.9. The van der Waals surface area contributed by atoms with Crippen LogP contribution in [0.3, 0.4) is 0 Å². The van der Waals surface area contributed by atoms with Crippen LogP contribution < -0.4 is 5.32 Å². The fourth-order valence-electron chi connectivity index (χ4n) is 1.85. The van der Waals surface area contributed by atoms with Gasteiger partial charge in [-0.1, -0.05) is 6.07 Å². The Labute approximate surface area is 123 Å². The second-order valence-corrected chi connectivity index (χ2v) is 6.52. The summed E-state index contributed by atoms with van der Waals surface area (Å²) in [6, 6.07) is 8.03. The Morgan fingerprint density at radius 1 is 1.26 bits per heavy atom. The van der Waals surface area contributed by atoms with Crippen LogP contribution in [0, 0.1) is 0 Å². The van der Waals surface area contributed by atoms with E-state index in [0.717, 1.165) is 25.5 Å². The number of rotatable bonds is 3. The first-order valence-electron chi connectivity index (χ1n) is 5.81. The lowest BCUT2D eigenvalue weighted by Gasteiger charge is -2.14. The van der Waals surface area contributed by atoms with Gasteiger partial charge in [-0.05, 0) is 41.1 Å². The van der Waals surface area contributed by atoms with Gasteiger partial charge in [0.2, 0.25) is 0 Å². The van der Waals surface area contributed by atoms with Crippen LogP contribution in [0.5, 0.6) is 0 Å². The van der Waals surface area contributed by atoms with E-state index in [-0.39, 0.29) is 6.04 Å². The zero-order valence-electron chi connectivity index (χ0n) is 10.2. The summed E-state index contributed by atoms with van der Waals surface area (Å²) >= 11 is 5.08. The number of halogens is 1. The Morgan fingerprint density at radius 2 is 2.16 bits per heavy atom. The fraction of sp³-hybridized carbons (Fsp3) is 0.154. The SMILES string of the molecule is C[C@@H](Nc1ncnc2sc(Br)cc12)c1ccccn1. The first-order chi connectivity index (χ1) is 9.24. The topological polar surface area (TPSA) is 50.7 Å². The third-order valence-corrected chi connectivity index (χ3v) is 4.33. The van der Waals surface area contributed by atoms with Gasteiger partial charge in [-0.2, -0.15) is 0 Å². The fourth-order valence-corrected chi connectivity index (χ4v) is 3.27. The minimum Gasteiger partial charge on any atom is -0.361 e. The predicted octanol–water partition coefficient (Wildman–Crippen LogP) is 4.02. The number of nitrogens with one attached hydrogen (secondary N) is 1. The van der Waals surface area contributed by atoms with E-state index < -0.39 is 0 Å². The summed E-state index contributed by atoms with van der Waals surface area (Å²) in [4.78, 5) is 13.9. The Hall–Kier alpha value is -1.53. The van der Waals surface area contributed by atoms with Crippen molar-refractivity contribution >= 4 is 43.3 Å². The summed E-state index contributed by atoms with van der Waals surface area (Å²) in [6.07, 6.45) is 3.38. The van der Waals surface area contributed by atoms with E-state index >= 15 is 0 Å². The molecule has 0 aliphatic rings. The van der Waals surface area contributed by atoms with Crippen molar-refractivity contribution in [1.82, 2.24) is 15.0 Å². The number of nitrogens with zero attached hydrogens (tertiary/aromatic N) is 3. The third kappa shape index (κ3) is 2.59. The van der Waals surface area contributed by atoms with E-state index in [1.807, 2.05) is 24.3 Å². The molecule has 0 aromatic carbocycles. The zero-order valence-corrected chi connectivity index (χ0v) is 12.6. The molecule has 0 radical (unpaired) electrons. The van der Waals surface area contributed by atoms with E-state index in [1.54, 1.807) is 23.9 Å². The smallest absolute Gasteiger partial charge is 0.138 e. The maximum absolute atomic E-state index is 4.35. The highest BCUT2D eigenvalue weighted by Gasteiger charge is 2.11. The molecule has 3 rings (SSSR count). The molecule has 0 saturated heterocycles. The second-order valence-electron chi connectivity index (χ2n) is 4.11. The van der Waals surface area contributed by atoms with Crippen LogP contribution in [-0.2, 0) is 0 Å². The maximum Gasteiger partial charge on any atom is 0.138 e. The average Bonchev–Trinajstić information content (AvgIpc) is 2.81. The first-order valence-corrected chi connectivity index (χ1v) is 7.42. The van der Waals surface area contributed by atoms with Gasteiger partial charge in [0.1, 0.15) is 17.0 Å². The van der Waals surface area contributed by atoms with Crippen molar-refractivity contribution in [3.63, 3.8) is 0 Å². The molecule has 0 bridgehead atoms. The normalized spacial score (nSPS) is 12.5. The number of hydrogen-bond acceptors (Lipinski definition) is 5. The number of anilines is 1. The highest BCUT2D eigenvalue weighted by molar-refractivity contribution is 9.11. The van der Waals surface area contributed by atoms with Crippen molar-refractivity contribution in [3.05, 3.63) is 46.3 Å². The predicted molar refractivity (Wildman–Crippen MR) is 81.4 cm³/mol. The second kappa shape index (κ2) is 5.22. The number of aromatic nitrogens is 3. The Morgan fingerprint density at radius 3 is 2.95 bits per heavy atom. The molecule has 0 spiro atoms. The van der Waals surface area contributed by atoms with Crippen LogP contribution >= 0.6 is 27.3 Å². The minimum absolute atomic E-state index is 0.0953. The summed E-state index contributed by atoms with van der Waals surface area (Å²) in [6.45, 7) is 2.07. The van der Waals surface area contributed by atoms with Gasteiger partial charge < -0.3 is 5.32 Å². The lowest BCUT2D eigenvalue weighted by molar-refractivity contribution is 0.833. The lowest BCUT2D eigenvalue weighted by Crippen LogP contribution is -2.09. The Balaban J connectivity index is 1.93. The summed E-state index contributed by atoms with van der Waals surface area (Å²) in [5.41, 5.74) is 0.989. The molecule has 96 valence electrons. The largest absolute Gasteiger partial charge is 0.361 e. The molecule has 1 N–H and O–H groups in total. The van der Waals surface area contributed by atoms with E-state index in [0.29, 0.717) is 0 Å². The molecule has 0 aliphatic carbocycles. The number of fused-ring (bicyclic) bond motifs is 1. The molecular weight excluding hydrogens is 324 g/mol. The van der Waals surface area contributed by atoms with Crippen molar-refractivity contribution in [2.24, 2.45) is 0 Å². The molecule has 0 fully saturated rings.